The van der Waals surface area contributed by atoms with E-state index in [4.69, 9.17) is 57.9 Å². The van der Waals surface area contributed by atoms with E-state index >= 15 is 8.78 Å². The maximum absolute atomic E-state index is 16.0. The van der Waals surface area contributed by atoms with Gasteiger partial charge in [0, 0.05) is 19.7 Å². The lowest BCUT2D eigenvalue weighted by atomic mass is 10.1. The van der Waals surface area contributed by atoms with Crippen LogP contribution in [0.1, 0.15) is 18.0 Å². The lowest BCUT2D eigenvalue weighted by Crippen LogP contribution is -2.32. The quantitative estimate of drug-likeness (QED) is 0.136. The minimum absolute atomic E-state index is 0.0959. The maximum atomic E-state index is 16.0. The number of hydrogen-bond donors (Lipinski definition) is 5. The van der Waals surface area contributed by atoms with Crippen LogP contribution in [0, 0.1) is 0 Å². The molecule has 2 unspecified atom stereocenters. The zero-order valence-corrected chi connectivity index (χ0v) is 27.6. The smallest absolute Gasteiger partial charge is 0.325 e. The second-order valence-corrected chi connectivity index (χ2v) is 17.2. The van der Waals surface area contributed by atoms with Crippen LogP contribution >= 0.6 is 25.2 Å². The Kier molecular flexibility index (Phi) is 9.48. The molecule has 0 amide bonds. The number of hydrogen-bond acceptors (Lipinski definition) is 16. The summed E-state index contributed by atoms with van der Waals surface area (Å²) in [6, 6.07) is 1.64. The molecule has 25 heteroatoms. The number of nitrogen functional groups attached to an aromatic ring is 2. The number of halogens is 2. The zero-order chi connectivity index (χ0) is 33.0. The van der Waals surface area contributed by atoms with Gasteiger partial charge in [0.1, 0.15) is 41.6 Å². The number of nitrogens with zero attached hydrogens (tertiary/aromatic N) is 7. The molecule has 2 aliphatic heterocycles. The molecule has 0 aliphatic carbocycles. The van der Waals surface area contributed by atoms with Crippen molar-refractivity contribution in [2.24, 2.45) is 0 Å². The van der Waals surface area contributed by atoms with E-state index < -0.39 is 73.6 Å². The number of nitrogens with one attached hydrogen (secondary N) is 1. The third-order valence-electron chi connectivity index (χ3n) is 7.11. The topological polar surface area (TPSA) is 246 Å². The summed E-state index contributed by atoms with van der Waals surface area (Å²) in [7, 11) is 1.14. The summed E-state index contributed by atoms with van der Waals surface area (Å²) in [6.45, 7) is -8.73. The average molecular weight is 743 g/mol. The number of thioether (sulfide) groups is 1. The Labute approximate surface area is 271 Å². The second-order valence-electron chi connectivity index (χ2n) is 10.1. The predicted octanol–water partition coefficient (Wildman–Crippen LogP) is 1.20. The highest BCUT2D eigenvalue weighted by Gasteiger charge is 2.51. The Bertz CT molecular complexity index is 1920. The molecule has 2 aliphatic rings. The summed E-state index contributed by atoms with van der Waals surface area (Å²) in [5, 5.41) is 6.07. The van der Waals surface area contributed by atoms with Gasteiger partial charge in [0.25, 0.3) is 5.56 Å². The second kappa shape index (κ2) is 13.0. The minimum atomic E-state index is -4.25. The van der Waals surface area contributed by atoms with Crippen LogP contribution in [0.15, 0.2) is 23.4 Å². The molecule has 46 heavy (non-hydrogen) atoms. The van der Waals surface area contributed by atoms with E-state index in [9.17, 15) is 14.6 Å². The van der Waals surface area contributed by atoms with Crippen molar-refractivity contribution in [3.63, 3.8) is 0 Å². The van der Waals surface area contributed by atoms with Gasteiger partial charge >= 0.3 is 13.4 Å². The van der Waals surface area contributed by atoms with Crippen LogP contribution in [0.2, 0.25) is 0 Å². The first kappa shape index (κ1) is 33.6. The van der Waals surface area contributed by atoms with Crippen LogP contribution in [-0.4, -0.2) is 99.4 Å². The molecule has 6 rings (SSSR count). The summed E-state index contributed by atoms with van der Waals surface area (Å²) >= 11 is 11.0. The van der Waals surface area contributed by atoms with Gasteiger partial charge in [-0.15, -0.1) is 16.9 Å². The summed E-state index contributed by atoms with van der Waals surface area (Å²) in [4.78, 5) is 47.8. The minimum Gasteiger partial charge on any atom is -0.383 e. The number of ether oxygens (including phenoxy) is 1. The number of fused-ring (bicyclic) bond motifs is 2. The molecule has 9 atom stereocenters. The van der Waals surface area contributed by atoms with Crippen molar-refractivity contribution >= 4 is 82.8 Å². The molecule has 0 aromatic carbocycles. The third kappa shape index (κ3) is 6.69. The molecular formula is C21H26F2N10O8P2S3. The normalized spacial score (nSPS) is 29.4. The zero-order valence-electron chi connectivity index (χ0n) is 23.4. The van der Waals surface area contributed by atoms with Crippen molar-refractivity contribution in [2.75, 3.05) is 31.8 Å². The van der Waals surface area contributed by atoms with Crippen LogP contribution in [-0.2, 0) is 46.4 Å². The molecule has 2 fully saturated rings. The number of aromatic amines is 1. The van der Waals surface area contributed by atoms with Crippen molar-refractivity contribution in [2.45, 2.75) is 47.8 Å². The fourth-order valence-electron chi connectivity index (χ4n) is 5.00. The monoisotopic (exact) mass is 742 g/mol. The summed E-state index contributed by atoms with van der Waals surface area (Å²) in [5.41, 5.74) is 11.0. The molecule has 4 aromatic heterocycles. The number of H-pyrrole nitrogens is 1. The van der Waals surface area contributed by atoms with Crippen molar-refractivity contribution in [1.82, 2.24) is 39.5 Å². The van der Waals surface area contributed by atoms with Crippen molar-refractivity contribution in [1.29, 1.82) is 0 Å². The van der Waals surface area contributed by atoms with Gasteiger partial charge in [-0.1, -0.05) is 5.21 Å². The largest absolute Gasteiger partial charge is 0.383 e. The molecule has 7 N–H and O–H groups in total. The van der Waals surface area contributed by atoms with Gasteiger partial charge in [0.15, 0.2) is 17.4 Å². The summed E-state index contributed by atoms with van der Waals surface area (Å²) in [5.74, 6) is -0.0247. The molecule has 6 heterocycles. The predicted molar refractivity (Wildman–Crippen MR) is 168 cm³/mol. The standard InChI is InChI=1S/C21H26F2N10O8P2S3/c1-37-42(35,44)39-6-11-12(23)14(20(46-11)33-17-13(30-31-33)18(34)29-21(25)28-17)41-43(36,45)38-5-8-4-10(22)19(40-8)32-3-2-9-15(24)26-7-27-16(9)32/h2-3,7-8,10-12,14,19-20H,4-6H2,1H3,(H,35,44)(H,36,45)(H2,24,26,27)(H3,25,28,29,34)/t8-,10-,11+,12+,14+,19+,20+,42?,43?/m0/s1. The lowest BCUT2D eigenvalue weighted by Gasteiger charge is -2.26. The van der Waals surface area contributed by atoms with E-state index in [-0.39, 0.29) is 29.4 Å². The van der Waals surface area contributed by atoms with E-state index in [0.717, 1.165) is 23.6 Å². The average Bonchev–Trinajstić information content (AvgIpc) is 3.77. The van der Waals surface area contributed by atoms with Gasteiger partial charge in [0.05, 0.1) is 30.0 Å². The molecule has 0 radical (unpaired) electrons. The van der Waals surface area contributed by atoms with Gasteiger partial charge in [-0.25, -0.2) is 23.4 Å². The Morgan fingerprint density at radius 2 is 1.96 bits per heavy atom. The lowest BCUT2D eigenvalue weighted by molar-refractivity contribution is -0.0355. The SMILES string of the molecule is COP(O)(=S)OC[C@H]1S[C@@H](n2nnc3c(=O)[nH]c(N)nc32)[C@H](OP(O)(=S)OC[C@@H]2C[C@H](F)[C@H](n3ccc4c(N)ncnc43)O2)[C@@H]1F. The van der Waals surface area contributed by atoms with E-state index in [0.29, 0.717) is 11.0 Å². The fourth-order valence-corrected chi connectivity index (χ4v) is 8.68. The van der Waals surface area contributed by atoms with Crippen LogP contribution in [0.4, 0.5) is 20.5 Å². The molecule has 0 saturated carbocycles. The van der Waals surface area contributed by atoms with Crippen LogP contribution in [0.25, 0.3) is 22.2 Å². The Hall–Kier alpha value is -2.27. The molecule has 0 bridgehead atoms. The third-order valence-corrected chi connectivity index (χ3v) is 11.9. The molecule has 250 valence electrons. The molecule has 18 nitrogen and oxygen atoms in total. The van der Waals surface area contributed by atoms with Gasteiger partial charge in [0.2, 0.25) is 5.95 Å². The number of aromatic nitrogens is 8. The van der Waals surface area contributed by atoms with E-state index in [1.807, 2.05) is 0 Å². The van der Waals surface area contributed by atoms with E-state index in [1.54, 1.807) is 12.3 Å². The summed E-state index contributed by atoms with van der Waals surface area (Å²) in [6.07, 6.45) is -4.21. The number of nitrogens with two attached hydrogens (primary N) is 2. The van der Waals surface area contributed by atoms with Gasteiger partial charge in [-0.2, -0.15) is 4.98 Å². The Balaban J connectivity index is 1.19. The first-order valence-electron chi connectivity index (χ1n) is 13.2. The highest BCUT2D eigenvalue weighted by Crippen LogP contribution is 2.55. The fraction of sp³-hybridized carbons (Fsp3) is 0.524. The molecular weight excluding hydrogens is 716 g/mol. The van der Waals surface area contributed by atoms with Gasteiger partial charge in [-0.3, -0.25) is 14.3 Å². The van der Waals surface area contributed by atoms with Crippen molar-refractivity contribution in [3.05, 3.63) is 28.9 Å². The number of anilines is 2. The highest BCUT2D eigenvalue weighted by molar-refractivity contribution is 8.07. The molecule has 0 spiro atoms. The van der Waals surface area contributed by atoms with E-state index in [2.05, 4.69) is 30.2 Å². The Morgan fingerprint density at radius 1 is 1.20 bits per heavy atom. The van der Waals surface area contributed by atoms with Crippen LogP contribution in [0.5, 0.6) is 0 Å². The number of rotatable bonds is 11. The summed E-state index contributed by atoms with van der Waals surface area (Å²) < 4.78 is 60.7. The Morgan fingerprint density at radius 3 is 2.72 bits per heavy atom. The van der Waals surface area contributed by atoms with Crippen molar-refractivity contribution in [3.8, 4) is 0 Å². The van der Waals surface area contributed by atoms with Crippen LogP contribution in [0.3, 0.4) is 0 Å². The molecule has 2 saturated heterocycles. The van der Waals surface area contributed by atoms with Crippen molar-refractivity contribution < 1.29 is 41.4 Å². The number of alkyl halides is 2. The van der Waals surface area contributed by atoms with Gasteiger partial charge in [-0.05, 0) is 29.7 Å². The molecule has 4 aromatic rings. The first-order chi connectivity index (χ1) is 21.8. The van der Waals surface area contributed by atoms with E-state index in [1.165, 1.54) is 10.9 Å². The first-order valence-corrected chi connectivity index (χ1v) is 19.3. The highest BCUT2D eigenvalue weighted by atomic mass is 32.5. The maximum Gasteiger partial charge on any atom is 0.325 e. The van der Waals surface area contributed by atoms with Crippen LogP contribution < -0.4 is 17.0 Å². The van der Waals surface area contributed by atoms with Gasteiger partial charge < -0.3 is 44.1 Å².